The number of anilines is 1. The average molecular weight is 530 g/mol. The maximum atomic E-state index is 14.5. The first-order valence-corrected chi connectivity index (χ1v) is 13.3. The first kappa shape index (κ1) is 23.6. The van der Waals surface area contributed by atoms with Gasteiger partial charge in [0, 0.05) is 41.6 Å². The summed E-state index contributed by atoms with van der Waals surface area (Å²) in [6.07, 6.45) is 7.56. The highest BCUT2D eigenvalue weighted by atomic mass is 32.2. The third kappa shape index (κ3) is 4.55. The Morgan fingerprint density at radius 2 is 1.92 bits per heavy atom. The van der Waals surface area contributed by atoms with Gasteiger partial charge in [-0.3, -0.25) is 15.1 Å². The summed E-state index contributed by atoms with van der Waals surface area (Å²) in [5, 5.41) is 8.18. The van der Waals surface area contributed by atoms with E-state index in [1.54, 1.807) is 43.0 Å². The van der Waals surface area contributed by atoms with Crippen molar-refractivity contribution in [2.75, 3.05) is 12.0 Å². The number of fused-ring (bicyclic) bond motifs is 2. The van der Waals surface area contributed by atoms with E-state index in [1.807, 2.05) is 6.07 Å². The standard InChI is InChI=1S/C25H20FN9O2S/c1-38(36,37)31-9-13-4-14(6-16(26)5-13)18-2-3-29-24-22(18)32-25(33-24)23-19-8-20(30-12-21(19)34-35-23)15-7-17(27)11-28-10-15/h2-8,10-12,31H,9,27H2,1H3,(H,34,35)(H,29,32,33). The number of H-pyrrole nitrogens is 2. The van der Waals surface area contributed by atoms with E-state index in [2.05, 4.69) is 34.9 Å². The van der Waals surface area contributed by atoms with Gasteiger partial charge in [0.1, 0.15) is 17.0 Å². The van der Waals surface area contributed by atoms with Gasteiger partial charge < -0.3 is 10.7 Å². The van der Waals surface area contributed by atoms with E-state index in [4.69, 9.17) is 10.7 Å². The van der Waals surface area contributed by atoms with Gasteiger partial charge in [-0.15, -0.1) is 0 Å². The van der Waals surface area contributed by atoms with Gasteiger partial charge in [-0.2, -0.15) is 5.10 Å². The van der Waals surface area contributed by atoms with E-state index in [-0.39, 0.29) is 6.54 Å². The van der Waals surface area contributed by atoms with E-state index < -0.39 is 15.8 Å². The van der Waals surface area contributed by atoms with Crippen LogP contribution in [0.4, 0.5) is 10.1 Å². The number of hydrogen-bond donors (Lipinski definition) is 4. The Hall–Kier alpha value is -4.75. The Labute approximate surface area is 215 Å². The molecule has 0 amide bonds. The van der Waals surface area contributed by atoms with Crippen LogP contribution in [-0.4, -0.2) is 49.8 Å². The number of aromatic amines is 2. The molecular formula is C25H20FN9O2S. The molecule has 0 aliphatic heterocycles. The number of rotatable bonds is 6. The molecule has 5 N–H and O–H groups in total. The van der Waals surface area contributed by atoms with Crippen LogP contribution in [0.5, 0.6) is 0 Å². The Kier molecular flexibility index (Phi) is 5.58. The van der Waals surface area contributed by atoms with Crippen LogP contribution in [0, 0.1) is 5.82 Å². The van der Waals surface area contributed by atoms with E-state index in [0.29, 0.717) is 56.3 Å². The van der Waals surface area contributed by atoms with Crippen molar-refractivity contribution in [2.24, 2.45) is 0 Å². The molecule has 5 aromatic heterocycles. The molecule has 0 bridgehead atoms. The van der Waals surface area contributed by atoms with Crippen LogP contribution in [0.1, 0.15) is 5.56 Å². The van der Waals surface area contributed by atoms with E-state index in [9.17, 15) is 12.8 Å². The van der Waals surface area contributed by atoms with Gasteiger partial charge in [0.15, 0.2) is 11.5 Å². The van der Waals surface area contributed by atoms with Crippen LogP contribution < -0.4 is 10.5 Å². The lowest BCUT2D eigenvalue weighted by molar-refractivity contribution is 0.586. The van der Waals surface area contributed by atoms with Gasteiger partial charge in [-0.25, -0.2) is 27.5 Å². The molecule has 190 valence electrons. The summed E-state index contributed by atoms with van der Waals surface area (Å²) in [4.78, 5) is 21.0. The lowest BCUT2D eigenvalue weighted by Gasteiger charge is -2.07. The molecule has 0 fully saturated rings. The van der Waals surface area contributed by atoms with Crippen molar-refractivity contribution in [3.8, 4) is 33.9 Å². The van der Waals surface area contributed by atoms with Crippen molar-refractivity contribution < 1.29 is 12.8 Å². The molecule has 0 saturated heterocycles. The van der Waals surface area contributed by atoms with Crippen molar-refractivity contribution in [2.45, 2.75) is 6.54 Å². The molecule has 11 nitrogen and oxygen atoms in total. The van der Waals surface area contributed by atoms with Crippen LogP contribution >= 0.6 is 0 Å². The number of nitrogen functional groups attached to an aromatic ring is 1. The lowest BCUT2D eigenvalue weighted by atomic mass is 10.0. The molecule has 6 aromatic rings. The van der Waals surface area contributed by atoms with Crippen LogP contribution in [0.3, 0.4) is 0 Å². The van der Waals surface area contributed by atoms with Crippen molar-refractivity contribution in [1.82, 2.24) is 39.8 Å². The van der Waals surface area contributed by atoms with Gasteiger partial charge in [0.2, 0.25) is 10.0 Å². The summed E-state index contributed by atoms with van der Waals surface area (Å²) >= 11 is 0. The summed E-state index contributed by atoms with van der Waals surface area (Å²) in [6, 6.07) is 9.76. The predicted octanol–water partition coefficient (Wildman–Crippen LogP) is 3.40. The number of nitrogens with one attached hydrogen (secondary N) is 3. The lowest BCUT2D eigenvalue weighted by Crippen LogP contribution is -2.21. The van der Waals surface area contributed by atoms with E-state index in [1.165, 1.54) is 12.1 Å². The maximum absolute atomic E-state index is 14.5. The molecule has 6 rings (SSSR count). The van der Waals surface area contributed by atoms with E-state index >= 15 is 0 Å². The molecule has 0 unspecified atom stereocenters. The fourth-order valence-corrected chi connectivity index (χ4v) is 4.66. The van der Waals surface area contributed by atoms with Gasteiger partial charge in [0.05, 0.1) is 29.4 Å². The number of halogens is 1. The molecule has 38 heavy (non-hydrogen) atoms. The largest absolute Gasteiger partial charge is 0.397 e. The number of pyridine rings is 3. The minimum Gasteiger partial charge on any atom is -0.397 e. The van der Waals surface area contributed by atoms with Crippen LogP contribution in [0.25, 0.3) is 56.0 Å². The molecule has 13 heteroatoms. The number of nitrogens with zero attached hydrogens (tertiary/aromatic N) is 5. The van der Waals surface area contributed by atoms with Crippen molar-refractivity contribution in [3.63, 3.8) is 0 Å². The monoisotopic (exact) mass is 529 g/mol. The highest BCUT2D eigenvalue weighted by Crippen LogP contribution is 2.32. The number of nitrogens with two attached hydrogens (primary N) is 1. The first-order valence-electron chi connectivity index (χ1n) is 11.4. The quantitative estimate of drug-likeness (QED) is 0.254. The topological polar surface area (TPSA) is 168 Å². The maximum Gasteiger partial charge on any atom is 0.209 e. The van der Waals surface area contributed by atoms with Gasteiger partial charge in [-0.1, -0.05) is 0 Å². The highest BCUT2D eigenvalue weighted by molar-refractivity contribution is 7.88. The zero-order chi connectivity index (χ0) is 26.4. The summed E-state index contributed by atoms with van der Waals surface area (Å²) in [7, 11) is -3.43. The van der Waals surface area contributed by atoms with Crippen LogP contribution in [0.2, 0.25) is 0 Å². The number of sulfonamides is 1. The number of benzene rings is 1. The normalized spacial score (nSPS) is 11.9. The number of hydrogen-bond acceptors (Lipinski definition) is 8. The second kappa shape index (κ2) is 8.97. The Morgan fingerprint density at radius 1 is 1.05 bits per heavy atom. The molecule has 0 aliphatic rings. The molecule has 1 aromatic carbocycles. The van der Waals surface area contributed by atoms with Gasteiger partial charge in [0.25, 0.3) is 0 Å². The molecule has 0 aliphatic carbocycles. The van der Waals surface area contributed by atoms with Crippen molar-refractivity contribution in [3.05, 3.63) is 72.6 Å². The molecule has 0 spiro atoms. The number of imidazole rings is 1. The summed E-state index contributed by atoms with van der Waals surface area (Å²) < 4.78 is 39.9. The third-order valence-corrected chi connectivity index (χ3v) is 6.59. The van der Waals surface area contributed by atoms with Crippen molar-refractivity contribution >= 4 is 37.8 Å². The smallest absolute Gasteiger partial charge is 0.209 e. The molecule has 0 atom stereocenters. The Bertz CT molecular complexity index is 1950. The molecule has 0 saturated carbocycles. The minimum absolute atomic E-state index is 0.0398. The average Bonchev–Trinajstić information content (AvgIpc) is 3.50. The highest BCUT2D eigenvalue weighted by Gasteiger charge is 2.17. The van der Waals surface area contributed by atoms with Gasteiger partial charge >= 0.3 is 0 Å². The fraction of sp³-hybridized carbons (Fsp3) is 0.0800. The number of aromatic nitrogens is 7. The summed E-state index contributed by atoms with van der Waals surface area (Å²) in [5.74, 6) is -0.0349. The molecular weight excluding hydrogens is 509 g/mol. The van der Waals surface area contributed by atoms with Crippen LogP contribution in [0.15, 0.2) is 61.2 Å². The fourth-order valence-electron chi connectivity index (χ4n) is 4.23. The summed E-state index contributed by atoms with van der Waals surface area (Å²) in [6.45, 7) is -0.0398. The molecule has 5 heterocycles. The SMILES string of the molecule is CS(=O)(=O)NCc1cc(F)cc(-c2ccnc3[nH]c(-c4n[nH]c5cnc(-c6cncc(N)c6)cc45)nc23)c1. The Balaban J connectivity index is 1.43. The van der Waals surface area contributed by atoms with E-state index in [0.717, 1.165) is 17.2 Å². The summed E-state index contributed by atoms with van der Waals surface area (Å²) in [5.41, 5.74) is 11.8. The van der Waals surface area contributed by atoms with Crippen LogP contribution in [-0.2, 0) is 16.6 Å². The molecule has 0 radical (unpaired) electrons. The minimum atomic E-state index is -3.43. The Morgan fingerprint density at radius 3 is 2.74 bits per heavy atom. The second-order valence-electron chi connectivity index (χ2n) is 8.78. The zero-order valence-corrected chi connectivity index (χ0v) is 20.7. The van der Waals surface area contributed by atoms with Crippen molar-refractivity contribution in [1.29, 1.82) is 0 Å². The zero-order valence-electron chi connectivity index (χ0n) is 19.9. The second-order valence-corrected chi connectivity index (χ2v) is 10.6. The van der Waals surface area contributed by atoms with Gasteiger partial charge in [-0.05, 0) is 47.5 Å². The third-order valence-electron chi connectivity index (χ3n) is 5.92. The first-order chi connectivity index (χ1) is 18.2. The predicted molar refractivity (Wildman–Crippen MR) is 141 cm³/mol.